The van der Waals surface area contributed by atoms with E-state index in [1.165, 1.54) is 12.8 Å². The van der Waals surface area contributed by atoms with Gasteiger partial charge in [-0.25, -0.2) is 8.78 Å². The minimum atomic E-state index is -2.35. The van der Waals surface area contributed by atoms with Gasteiger partial charge in [0.15, 0.2) is 0 Å². The summed E-state index contributed by atoms with van der Waals surface area (Å²) in [5, 5.41) is 3.59. The number of nitrogens with one attached hydrogen (secondary N) is 1. The highest BCUT2D eigenvalue weighted by Gasteiger charge is 2.43. The van der Waals surface area contributed by atoms with Crippen LogP contribution in [0.3, 0.4) is 0 Å². The summed E-state index contributed by atoms with van der Waals surface area (Å²) in [4.78, 5) is 2.32. The summed E-state index contributed by atoms with van der Waals surface area (Å²) >= 11 is 0. The van der Waals surface area contributed by atoms with E-state index in [-0.39, 0.29) is 5.54 Å². The number of rotatable bonds is 6. The molecule has 0 spiro atoms. The quantitative estimate of drug-likeness (QED) is 0.718. The van der Waals surface area contributed by atoms with E-state index < -0.39 is 13.0 Å². The van der Waals surface area contributed by atoms with Gasteiger partial charge < -0.3 is 10.1 Å². The second kappa shape index (κ2) is 5.59. The van der Waals surface area contributed by atoms with E-state index in [1.54, 1.807) is 0 Å². The number of alkyl halides is 2. The van der Waals surface area contributed by atoms with Crippen molar-refractivity contribution in [3.8, 4) is 0 Å². The molecule has 2 fully saturated rings. The molecule has 1 saturated carbocycles. The van der Waals surface area contributed by atoms with Crippen LogP contribution in [0.1, 0.15) is 19.8 Å². The first-order valence-corrected chi connectivity index (χ1v) is 6.43. The summed E-state index contributed by atoms with van der Waals surface area (Å²) in [6.07, 6.45) is 0.285. The van der Waals surface area contributed by atoms with Gasteiger partial charge in [-0.15, -0.1) is 0 Å². The van der Waals surface area contributed by atoms with Crippen LogP contribution in [0, 0.1) is 5.92 Å². The lowest BCUT2D eigenvalue weighted by molar-refractivity contribution is 0.00392. The molecule has 0 bridgehead atoms. The molecule has 1 heterocycles. The predicted octanol–water partition coefficient (Wildman–Crippen LogP) is 1.34. The molecule has 5 heteroatoms. The Morgan fingerprint density at radius 1 is 1.47 bits per heavy atom. The summed E-state index contributed by atoms with van der Waals surface area (Å²) < 4.78 is 28.7. The number of nitrogens with zero attached hydrogens (tertiary/aromatic N) is 1. The van der Waals surface area contributed by atoms with E-state index >= 15 is 0 Å². The zero-order valence-electron chi connectivity index (χ0n) is 10.4. The molecule has 0 aromatic heterocycles. The molecule has 2 aliphatic rings. The molecular formula is C12H22F2N2O. The van der Waals surface area contributed by atoms with Gasteiger partial charge in [-0.2, -0.15) is 0 Å². The summed E-state index contributed by atoms with van der Waals surface area (Å²) in [6, 6.07) is 0. The maximum atomic E-state index is 11.9. The molecule has 1 saturated heterocycles. The van der Waals surface area contributed by atoms with E-state index in [2.05, 4.69) is 17.1 Å². The zero-order chi connectivity index (χ0) is 12.3. The first-order valence-electron chi connectivity index (χ1n) is 6.43. The normalized spacial score (nSPS) is 31.1. The van der Waals surface area contributed by atoms with Crippen LogP contribution in [-0.4, -0.2) is 56.3 Å². The molecule has 0 amide bonds. The van der Waals surface area contributed by atoms with Gasteiger partial charge in [-0.3, -0.25) is 4.90 Å². The first-order chi connectivity index (χ1) is 8.10. The molecule has 17 heavy (non-hydrogen) atoms. The lowest BCUT2D eigenvalue weighted by atomic mass is 9.93. The Kier molecular flexibility index (Phi) is 4.33. The van der Waals surface area contributed by atoms with Crippen molar-refractivity contribution < 1.29 is 13.5 Å². The third kappa shape index (κ3) is 3.86. The Balaban J connectivity index is 1.67. The van der Waals surface area contributed by atoms with E-state index in [0.717, 1.165) is 32.1 Å². The molecule has 1 N–H and O–H groups in total. The van der Waals surface area contributed by atoms with Crippen LogP contribution in [0.25, 0.3) is 0 Å². The standard InChI is InChI=1S/C12H22F2N2O/c1-12(10-2-3-10)9-16(5-4-15-12)6-7-17-8-11(13)14/h10-11,15H,2-9H2,1H3. The Bertz CT molecular complexity index is 249. The average molecular weight is 248 g/mol. The van der Waals surface area contributed by atoms with Crippen LogP contribution >= 0.6 is 0 Å². The number of halogens is 2. The fourth-order valence-electron chi connectivity index (χ4n) is 2.65. The third-order valence-electron chi connectivity index (χ3n) is 3.78. The number of ether oxygens (including phenoxy) is 1. The highest BCUT2D eigenvalue weighted by atomic mass is 19.3. The van der Waals surface area contributed by atoms with Crippen LogP contribution in [0.4, 0.5) is 8.78 Å². The van der Waals surface area contributed by atoms with Crippen molar-refractivity contribution in [3.63, 3.8) is 0 Å². The van der Waals surface area contributed by atoms with E-state index in [0.29, 0.717) is 6.61 Å². The number of hydrogen-bond donors (Lipinski definition) is 1. The Morgan fingerprint density at radius 2 is 2.24 bits per heavy atom. The monoisotopic (exact) mass is 248 g/mol. The van der Waals surface area contributed by atoms with E-state index in [1.807, 2.05) is 0 Å². The van der Waals surface area contributed by atoms with Crippen molar-refractivity contribution in [2.75, 3.05) is 39.4 Å². The number of piperazine rings is 1. The largest absolute Gasteiger partial charge is 0.374 e. The molecule has 1 atom stereocenters. The molecule has 0 aromatic rings. The van der Waals surface area contributed by atoms with E-state index in [4.69, 9.17) is 4.74 Å². The van der Waals surface area contributed by atoms with Gasteiger partial charge in [0, 0.05) is 31.7 Å². The van der Waals surface area contributed by atoms with Crippen LogP contribution in [0.5, 0.6) is 0 Å². The molecule has 100 valence electrons. The lowest BCUT2D eigenvalue weighted by Crippen LogP contribution is -2.60. The highest BCUT2D eigenvalue weighted by Crippen LogP contribution is 2.40. The highest BCUT2D eigenvalue weighted by molar-refractivity contribution is 5.01. The van der Waals surface area contributed by atoms with Crippen molar-refractivity contribution >= 4 is 0 Å². The van der Waals surface area contributed by atoms with Gasteiger partial charge in [-0.05, 0) is 25.7 Å². The Labute approximate surface area is 101 Å². The zero-order valence-corrected chi connectivity index (χ0v) is 10.4. The molecule has 1 aliphatic heterocycles. The Hall–Kier alpha value is -0.260. The molecule has 0 aromatic carbocycles. The second-order valence-electron chi connectivity index (χ2n) is 5.36. The molecule has 2 rings (SSSR count). The lowest BCUT2D eigenvalue weighted by Gasteiger charge is -2.42. The molecule has 3 nitrogen and oxygen atoms in total. The molecule has 0 radical (unpaired) electrons. The van der Waals surface area contributed by atoms with Gasteiger partial charge >= 0.3 is 0 Å². The van der Waals surface area contributed by atoms with Gasteiger partial charge in [-0.1, -0.05) is 0 Å². The maximum absolute atomic E-state index is 11.9. The summed E-state index contributed by atoms with van der Waals surface area (Å²) in [5.41, 5.74) is 0.223. The summed E-state index contributed by atoms with van der Waals surface area (Å²) in [5.74, 6) is 0.798. The fourth-order valence-corrected chi connectivity index (χ4v) is 2.65. The summed E-state index contributed by atoms with van der Waals surface area (Å²) in [6.45, 7) is 5.99. The van der Waals surface area contributed by atoms with Crippen molar-refractivity contribution in [3.05, 3.63) is 0 Å². The van der Waals surface area contributed by atoms with Crippen LogP contribution in [0.15, 0.2) is 0 Å². The van der Waals surface area contributed by atoms with Gasteiger partial charge in [0.05, 0.1) is 6.61 Å². The topological polar surface area (TPSA) is 24.5 Å². The van der Waals surface area contributed by atoms with Gasteiger partial charge in [0.1, 0.15) is 6.61 Å². The van der Waals surface area contributed by atoms with Gasteiger partial charge in [0.2, 0.25) is 0 Å². The second-order valence-corrected chi connectivity index (χ2v) is 5.36. The van der Waals surface area contributed by atoms with Crippen molar-refractivity contribution in [1.29, 1.82) is 0 Å². The minimum Gasteiger partial charge on any atom is -0.374 e. The van der Waals surface area contributed by atoms with Crippen molar-refractivity contribution in [1.82, 2.24) is 10.2 Å². The predicted molar refractivity (Wildman–Crippen MR) is 62.4 cm³/mol. The van der Waals surface area contributed by atoms with E-state index in [9.17, 15) is 8.78 Å². The summed E-state index contributed by atoms with van der Waals surface area (Å²) in [7, 11) is 0. The van der Waals surface area contributed by atoms with Crippen LogP contribution < -0.4 is 5.32 Å². The first kappa shape index (κ1) is 13.2. The van der Waals surface area contributed by atoms with Crippen LogP contribution in [-0.2, 0) is 4.74 Å². The average Bonchev–Trinajstić information content (AvgIpc) is 3.08. The fraction of sp³-hybridized carbons (Fsp3) is 1.00. The Morgan fingerprint density at radius 3 is 2.88 bits per heavy atom. The van der Waals surface area contributed by atoms with Crippen LogP contribution in [0.2, 0.25) is 0 Å². The number of hydrogen-bond acceptors (Lipinski definition) is 3. The molecule has 1 aliphatic carbocycles. The smallest absolute Gasteiger partial charge is 0.261 e. The third-order valence-corrected chi connectivity index (χ3v) is 3.78. The molecule has 1 unspecified atom stereocenters. The SMILES string of the molecule is CC1(C2CC2)CN(CCOCC(F)F)CCN1. The van der Waals surface area contributed by atoms with Crippen molar-refractivity contribution in [2.24, 2.45) is 5.92 Å². The maximum Gasteiger partial charge on any atom is 0.261 e. The van der Waals surface area contributed by atoms with Crippen molar-refractivity contribution in [2.45, 2.75) is 31.7 Å². The minimum absolute atomic E-state index is 0.223. The molecular weight excluding hydrogens is 226 g/mol. The van der Waals surface area contributed by atoms with Gasteiger partial charge in [0.25, 0.3) is 6.43 Å².